The normalized spacial score (nSPS) is 11.0. The summed E-state index contributed by atoms with van der Waals surface area (Å²) in [5.74, 6) is 1.34. The zero-order chi connectivity index (χ0) is 24.2. The van der Waals surface area contributed by atoms with Crippen molar-refractivity contribution in [2.24, 2.45) is 0 Å². The lowest BCUT2D eigenvalue weighted by molar-refractivity contribution is 0.157. The Labute approximate surface area is 201 Å². The number of hydrogen-bond acceptors (Lipinski definition) is 3. The molecule has 1 amide bonds. The molecular formula is C29H32N2O3. The van der Waals surface area contributed by atoms with E-state index in [0.29, 0.717) is 18.8 Å². The summed E-state index contributed by atoms with van der Waals surface area (Å²) in [5.41, 5.74) is 6.80. The van der Waals surface area contributed by atoms with Gasteiger partial charge in [0.2, 0.25) is 0 Å². The van der Waals surface area contributed by atoms with Gasteiger partial charge in [-0.25, -0.2) is 4.79 Å². The molecule has 176 valence electrons. The average Bonchev–Trinajstić information content (AvgIpc) is 3.25. The maximum Gasteiger partial charge on any atom is 0.415 e. The van der Waals surface area contributed by atoms with Crippen LogP contribution in [0.25, 0.3) is 22.0 Å². The Morgan fingerprint density at radius 2 is 1.65 bits per heavy atom. The molecule has 0 saturated heterocycles. The zero-order valence-electron chi connectivity index (χ0n) is 20.6. The van der Waals surface area contributed by atoms with Gasteiger partial charge in [-0.05, 0) is 80.3 Å². The van der Waals surface area contributed by atoms with Gasteiger partial charge in [0.05, 0.1) is 7.11 Å². The molecule has 1 heterocycles. The first kappa shape index (κ1) is 23.4. The van der Waals surface area contributed by atoms with Crippen LogP contribution in [0.15, 0.2) is 66.9 Å². The summed E-state index contributed by atoms with van der Waals surface area (Å²) in [6.45, 7) is 10.1. The van der Waals surface area contributed by atoms with Crippen LogP contribution < -0.4 is 9.47 Å². The Kier molecular flexibility index (Phi) is 6.92. The van der Waals surface area contributed by atoms with Gasteiger partial charge < -0.3 is 18.9 Å². The highest BCUT2D eigenvalue weighted by Crippen LogP contribution is 2.39. The molecular weight excluding hydrogens is 424 g/mol. The number of aryl methyl sites for hydroxylation is 2. The highest BCUT2D eigenvalue weighted by molar-refractivity contribution is 5.99. The predicted octanol–water partition coefficient (Wildman–Crippen LogP) is 6.82. The van der Waals surface area contributed by atoms with Crippen LogP contribution in [0.1, 0.15) is 30.5 Å². The molecule has 0 atom stereocenters. The van der Waals surface area contributed by atoms with Gasteiger partial charge in [-0.15, -0.1) is 0 Å². The number of amides is 1. The largest absolute Gasteiger partial charge is 0.497 e. The van der Waals surface area contributed by atoms with E-state index in [0.717, 1.165) is 34.3 Å². The van der Waals surface area contributed by atoms with Gasteiger partial charge in [-0.1, -0.05) is 30.3 Å². The number of aromatic nitrogens is 1. The molecule has 0 spiro atoms. The van der Waals surface area contributed by atoms with Crippen LogP contribution >= 0.6 is 0 Å². The van der Waals surface area contributed by atoms with Crippen molar-refractivity contribution in [3.63, 3.8) is 0 Å². The lowest BCUT2D eigenvalue weighted by Crippen LogP contribution is -2.33. The van der Waals surface area contributed by atoms with Crippen molar-refractivity contribution in [2.75, 3.05) is 20.2 Å². The van der Waals surface area contributed by atoms with Gasteiger partial charge in [-0.2, -0.15) is 0 Å². The van der Waals surface area contributed by atoms with E-state index in [1.807, 2.05) is 50.2 Å². The molecule has 1 aromatic heterocycles. The molecule has 34 heavy (non-hydrogen) atoms. The Morgan fingerprint density at radius 3 is 2.29 bits per heavy atom. The fourth-order valence-electron chi connectivity index (χ4n) is 4.27. The van der Waals surface area contributed by atoms with Gasteiger partial charge in [-0.3, -0.25) is 0 Å². The smallest absolute Gasteiger partial charge is 0.415 e. The van der Waals surface area contributed by atoms with Crippen molar-refractivity contribution in [1.82, 2.24) is 9.47 Å². The average molecular weight is 457 g/mol. The molecule has 0 aliphatic heterocycles. The number of nitrogens with zero attached hydrogens (tertiary/aromatic N) is 2. The van der Waals surface area contributed by atoms with Crippen molar-refractivity contribution in [3.05, 3.63) is 83.6 Å². The van der Waals surface area contributed by atoms with Crippen LogP contribution in [-0.4, -0.2) is 35.8 Å². The number of methoxy groups -OCH3 is 1. The van der Waals surface area contributed by atoms with Crippen molar-refractivity contribution >= 4 is 17.0 Å². The van der Waals surface area contributed by atoms with Gasteiger partial charge in [0, 0.05) is 42.3 Å². The molecule has 4 rings (SSSR count). The van der Waals surface area contributed by atoms with Crippen LogP contribution in [0.5, 0.6) is 11.5 Å². The Morgan fingerprint density at radius 1 is 0.912 bits per heavy atom. The van der Waals surface area contributed by atoms with E-state index in [4.69, 9.17) is 9.47 Å². The Bertz CT molecular complexity index is 1300. The third-order valence-corrected chi connectivity index (χ3v) is 6.44. The summed E-state index contributed by atoms with van der Waals surface area (Å²) >= 11 is 0. The number of hydrogen-bond donors (Lipinski definition) is 0. The summed E-state index contributed by atoms with van der Waals surface area (Å²) in [5, 5.41) is 1.04. The monoisotopic (exact) mass is 456 g/mol. The maximum atomic E-state index is 12.8. The maximum absolute atomic E-state index is 12.8. The second-order valence-electron chi connectivity index (χ2n) is 8.50. The summed E-state index contributed by atoms with van der Waals surface area (Å²) in [6.07, 6.45) is 1.76. The van der Waals surface area contributed by atoms with Crippen LogP contribution in [0, 0.1) is 13.8 Å². The minimum absolute atomic E-state index is 0.339. The zero-order valence-corrected chi connectivity index (χ0v) is 20.6. The topological polar surface area (TPSA) is 43.7 Å². The van der Waals surface area contributed by atoms with E-state index < -0.39 is 0 Å². The molecule has 0 radical (unpaired) electrons. The fourth-order valence-corrected chi connectivity index (χ4v) is 4.27. The molecule has 0 N–H and O–H groups in total. The second-order valence-corrected chi connectivity index (χ2v) is 8.50. The second kappa shape index (κ2) is 10.0. The molecule has 4 aromatic rings. The number of rotatable bonds is 7. The first-order valence-electron chi connectivity index (χ1n) is 11.7. The number of fused-ring (bicyclic) bond motifs is 1. The standard InChI is InChI=1S/C29H32N2O3/c1-6-30(7-2)29(32)34-27-15-14-26-25(28(27)23-10-12-24(33-5)13-11-23)16-17-31(26)19-22-9-8-20(3)21(4)18-22/h8-18H,6-7,19H2,1-5H3. The molecule has 3 aromatic carbocycles. The van der Waals surface area contributed by atoms with Crippen LogP contribution in [0.2, 0.25) is 0 Å². The highest BCUT2D eigenvalue weighted by Gasteiger charge is 2.19. The summed E-state index contributed by atoms with van der Waals surface area (Å²) < 4.78 is 13.5. The van der Waals surface area contributed by atoms with Crippen LogP contribution in [-0.2, 0) is 6.54 Å². The molecule has 0 bridgehead atoms. The molecule has 5 nitrogen and oxygen atoms in total. The van der Waals surface area contributed by atoms with E-state index in [9.17, 15) is 4.79 Å². The van der Waals surface area contributed by atoms with Crippen molar-refractivity contribution in [1.29, 1.82) is 0 Å². The number of ether oxygens (including phenoxy) is 2. The summed E-state index contributed by atoms with van der Waals surface area (Å²) in [7, 11) is 1.65. The molecule has 0 unspecified atom stereocenters. The van der Waals surface area contributed by atoms with Crippen LogP contribution in [0.3, 0.4) is 0 Å². The highest BCUT2D eigenvalue weighted by atomic mass is 16.6. The molecule has 5 heteroatoms. The molecule has 0 fully saturated rings. The first-order valence-corrected chi connectivity index (χ1v) is 11.7. The minimum Gasteiger partial charge on any atom is -0.497 e. The SMILES string of the molecule is CCN(CC)C(=O)Oc1ccc2c(ccn2Cc2ccc(C)c(C)c2)c1-c1ccc(OC)cc1. The summed E-state index contributed by atoms with van der Waals surface area (Å²) in [6, 6.07) is 20.5. The lowest BCUT2D eigenvalue weighted by atomic mass is 10.00. The fraction of sp³-hybridized carbons (Fsp3) is 0.276. The van der Waals surface area contributed by atoms with Gasteiger partial charge in [0.15, 0.2) is 0 Å². The number of carbonyl (C=O) groups is 1. The number of benzene rings is 3. The number of carbonyl (C=O) groups excluding carboxylic acids is 1. The van der Waals surface area contributed by atoms with E-state index >= 15 is 0 Å². The van der Waals surface area contributed by atoms with Crippen molar-refractivity contribution < 1.29 is 14.3 Å². The van der Waals surface area contributed by atoms with E-state index in [-0.39, 0.29) is 6.09 Å². The minimum atomic E-state index is -0.339. The molecule has 0 saturated carbocycles. The third-order valence-electron chi connectivity index (χ3n) is 6.44. The van der Waals surface area contributed by atoms with Gasteiger partial charge in [0.1, 0.15) is 11.5 Å². The van der Waals surface area contributed by atoms with Crippen LogP contribution in [0.4, 0.5) is 4.79 Å². The molecule has 0 aliphatic carbocycles. The van der Waals surface area contributed by atoms with Crippen molar-refractivity contribution in [2.45, 2.75) is 34.2 Å². The van der Waals surface area contributed by atoms with Gasteiger partial charge in [0.25, 0.3) is 0 Å². The van der Waals surface area contributed by atoms with E-state index in [1.165, 1.54) is 16.7 Å². The predicted molar refractivity (Wildman–Crippen MR) is 138 cm³/mol. The quantitative estimate of drug-likeness (QED) is 0.306. The van der Waals surface area contributed by atoms with E-state index in [1.54, 1.807) is 12.0 Å². The molecule has 0 aliphatic rings. The van der Waals surface area contributed by atoms with Crippen molar-refractivity contribution in [3.8, 4) is 22.6 Å². The Hall–Kier alpha value is -3.73. The lowest BCUT2D eigenvalue weighted by Gasteiger charge is -2.20. The van der Waals surface area contributed by atoms with E-state index in [2.05, 4.69) is 48.9 Å². The third kappa shape index (κ3) is 4.65. The van der Waals surface area contributed by atoms with Gasteiger partial charge >= 0.3 is 6.09 Å². The Balaban J connectivity index is 1.80. The summed E-state index contributed by atoms with van der Waals surface area (Å²) in [4.78, 5) is 14.5. The first-order chi connectivity index (χ1) is 16.4.